The zero-order chi connectivity index (χ0) is 24.3. The van der Waals surface area contributed by atoms with Crippen molar-refractivity contribution >= 4 is 70.9 Å². The summed E-state index contributed by atoms with van der Waals surface area (Å²) in [7, 11) is 0. The number of benzene rings is 2. The van der Waals surface area contributed by atoms with E-state index in [0.29, 0.717) is 37.0 Å². The highest BCUT2D eigenvalue weighted by Gasteiger charge is 2.19. The average molecular weight is 644 g/mol. The van der Waals surface area contributed by atoms with Gasteiger partial charge in [0.25, 0.3) is 5.56 Å². The molecule has 0 aliphatic rings. The largest absolute Gasteiger partial charge is 0.477 e. The number of esters is 1. The molecule has 2 aromatic carbocycles. The third-order valence-corrected chi connectivity index (χ3v) is 6.28. The Kier molecular flexibility index (Phi) is 8.47. The molecule has 0 bridgehead atoms. The Bertz CT molecular complexity index is 1260. The molecular formula is C23H22Br3N3O4. The zero-order valence-corrected chi connectivity index (χ0v) is 23.2. The number of halogens is 3. The number of carbonyl (C=O) groups is 1. The molecule has 0 aliphatic heterocycles. The molecule has 7 nitrogen and oxygen atoms in total. The fourth-order valence-electron chi connectivity index (χ4n) is 3.03. The van der Waals surface area contributed by atoms with Gasteiger partial charge in [-0.15, -0.1) is 0 Å². The molecule has 10 heteroatoms. The van der Waals surface area contributed by atoms with Crippen LogP contribution in [-0.4, -0.2) is 34.6 Å². The molecule has 0 fully saturated rings. The lowest BCUT2D eigenvalue weighted by Gasteiger charge is -2.16. The van der Waals surface area contributed by atoms with E-state index in [4.69, 9.17) is 9.47 Å². The Morgan fingerprint density at radius 2 is 1.82 bits per heavy atom. The third kappa shape index (κ3) is 5.91. The lowest BCUT2D eigenvalue weighted by atomic mass is 10.2. The Labute approximate surface area is 216 Å². The maximum Gasteiger partial charge on any atom is 0.347 e. The summed E-state index contributed by atoms with van der Waals surface area (Å²) in [5.41, 5.74) is 1.09. The number of fused-ring (bicyclic) bond motifs is 1. The van der Waals surface area contributed by atoms with Crippen LogP contribution in [0.15, 0.2) is 53.6 Å². The van der Waals surface area contributed by atoms with E-state index in [1.807, 2.05) is 26.0 Å². The second-order valence-corrected chi connectivity index (χ2v) is 10.1. The van der Waals surface area contributed by atoms with E-state index in [9.17, 15) is 9.59 Å². The Hall–Kier alpha value is -2.04. The summed E-state index contributed by atoms with van der Waals surface area (Å²) in [6.45, 7) is 7.56. The Morgan fingerprint density at radius 1 is 1.15 bits per heavy atom. The van der Waals surface area contributed by atoms with Crippen LogP contribution in [-0.2, 0) is 9.53 Å². The highest BCUT2D eigenvalue weighted by molar-refractivity contribution is 9.11. The predicted octanol–water partition coefficient (Wildman–Crippen LogP) is 6.02. The minimum absolute atomic E-state index is 0.0125. The molecular weight excluding hydrogens is 622 g/mol. The van der Waals surface area contributed by atoms with Crippen LogP contribution < -0.4 is 10.3 Å². The summed E-state index contributed by atoms with van der Waals surface area (Å²) < 4.78 is 14.1. The van der Waals surface area contributed by atoms with Gasteiger partial charge >= 0.3 is 5.97 Å². The number of ether oxygens (including phenoxy) is 2. The van der Waals surface area contributed by atoms with Gasteiger partial charge in [-0.2, -0.15) is 9.78 Å². The number of nitrogens with zero attached hydrogens (tertiary/aromatic N) is 3. The minimum atomic E-state index is -0.771. The van der Waals surface area contributed by atoms with Gasteiger partial charge in [0.1, 0.15) is 11.6 Å². The van der Waals surface area contributed by atoms with Crippen LogP contribution in [0.4, 0.5) is 0 Å². The lowest BCUT2D eigenvalue weighted by molar-refractivity contribution is -0.150. The smallest absolute Gasteiger partial charge is 0.347 e. The first-order valence-electron chi connectivity index (χ1n) is 10.2. The average Bonchev–Trinajstić information content (AvgIpc) is 2.75. The molecule has 33 heavy (non-hydrogen) atoms. The van der Waals surface area contributed by atoms with Crippen molar-refractivity contribution in [2.75, 3.05) is 6.61 Å². The maximum atomic E-state index is 13.2. The zero-order valence-electron chi connectivity index (χ0n) is 18.4. The summed E-state index contributed by atoms with van der Waals surface area (Å²) in [5, 5.41) is 4.92. The van der Waals surface area contributed by atoms with Gasteiger partial charge in [-0.25, -0.2) is 9.78 Å². The first-order chi connectivity index (χ1) is 15.6. The van der Waals surface area contributed by atoms with Crippen LogP contribution in [0.1, 0.15) is 45.0 Å². The summed E-state index contributed by atoms with van der Waals surface area (Å²) in [5.74, 6) is 0.567. The number of aromatic nitrogens is 2. The van der Waals surface area contributed by atoms with Crippen LogP contribution in [0.3, 0.4) is 0 Å². The second-order valence-electron chi connectivity index (χ2n) is 7.47. The molecule has 0 amide bonds. The number of carbonyl (C=O) groups excluding carboxylic acids is 1. The molecule has 0 saturated heterocycles. The van der Waals surface area contributed by atoms with Crippen LogP contribution in [0, 0.1) is 0 Å². The van der Waals surface area contributed by atoms with Crippen molar-refractivity contribution in [2.45, 2.75) is 39.7 Å². The Balaban J connectivity index is 1.98. The molecule has 0 unspecified atom stereocenters. The van der Waals surface area contributed by atoms with Crippen molar-refractivity contribution in [1.29, 1.82) is 0 Å². The van der Waals surface area contributed by atoms with E-state index in [1.165, 1.54) is 4.68 Å². The quantitative estimate of drug-likeness (QED) is 0.232. The van der Waals surface area contributed by atoms with Gasteiger partial charge in [0.05, 0.1) is 32.7 Å². The molecule has 3 aromatic rings. The van der Waals surface area contributed by atoms with Crippen molar-refractivity contribution in [3.8, 4) is 5.75 Å². The van der Waals surface area contributed by atoms with E-state index in [1.54, 1.807) is 38.3 Å². The second kappa shape index (κ2) is 10.9. The van der Waals surface area contributed by atoms with Crippen molar-refractivity contribution in [3.05, 3.63) is 65.5 Å². The summed E-state index contributed by atoms with van der Waals surface area (Å²) >= 11 is 10.4. The van der Waals surface area contributed by atoms with Crippen LogP contribution >= 0.6 is 47.8 Å². The van der Waals surface area contributed by atoms with Crippen LogP contribution in [0.2, 0.25) is 0 Å². The van der Waals surface area contributed by atoms with Gasteiger partial charge in [0.2, 0.25) is 0 Å². The molecule has 0 radical (unpaired) electrons. The van der Waals surface area contributed by atoms with Gasteiger partial charge in [0, 0.05) is 10.4 Å². The molecule has 1 heterocycles. The molecule has 0 spiro atoms. The van der Waals surface area contributed by atoms with Crippen molar-refractivity contribution in [2.24, 2.45) is 5.10 Å². The first kappa shape index (κ1) is 25.6. The van der Waals surface area contributed by atoms with Gasteiger partial charge in [-0.1, -0.05) is 29.8 Å². The number of rotatable bonds is 7. The summed E-state index contributed by atoms with van der Waals surface area (Å²) in [6, 6.07) is 8.98. The van der Waals surface area contributed by atoms with Gasteiger partial charge in [-0.3, -0.25) is 4.79 Å². The molecule has 1 atom stereocenters. The van der Waals surface area contributed by atoms with E-state index >= 15 is 0 Å². The topological polar surface area (TPSA) is 82.8 Å². The van der Waals surface area contributed by atoms with Crippen LogP contribution in [0.5, 0.6) is 5.75 Å². The van der Waals surface area contributed by atoms with Gasteiger partial charge < -0.3 is 9.47 Å². The normalized spacial score (nSPS) is 12.5. The summed E-state index contributed by atoms with van der Waals surface area (Å²) in [4.78, 5) is 29.7. The van der Waals surface area contributed by atoms with E-state index in [-0.39, 0.29) is 18.1 Å². The third-order valence-electron chi connectivity index (χ3n) is 4.61. The molecule has 3 rings (SSSR count). The fourth-order valence-corrected chi connectivity index (χ4v) is 4.80. The van der Waals surface area contributed by atoms with E-state index in [2.05, 4.69) is 57.9 Å². The van der Waals surface area contributed by atoms with Gasteiger partial charge in [-0.05, 0) is 81.6 Å². The standard InChI is InChI=1S/C23H22Br3N3O4/c1-5-32-23(31)13(4)33-20-17(25)8-14(9-18(20)26)11-27-29-21(12(2)3)28-19-7-6-15(24)10-16(19)22(29)30/h6-13H,5H2,1-4H3/t13-/m1/s1. The van der Waals surface area contributed by atoms with Crippen LogP contribution in [0.25, 0.3) is 10.9 Å². The monoisotopic (exact) mass is 641 g/mol. The summed E-state index contributed by atoms with van der Waals surface area (Å²) in [6.07, 6.45) is 0.805. The molecule has 1 aromatic heterocycles. The molecule has 0 aliphatic carbocycles. The lowest BCUT2D eigenvalue weighted by Crippen LogP contribution is -2.26. The number of hydrogen-bond donors (Lipinski definition) is 0. The highest BCUT2D eigenvalue weighted by atomic mass is 79.9. The number of hydrogen-bond acceptors (Lipinski definition) is 6. The molecule has 0 saturated carbocycles. The predicted molar refractivity (Wildman–Crippen MR) is 139 cm³/mol. The van der Waals surface area contributed by atoms with Crippen molar-refractivity contribution in [3.63, 3.8) is 0 Å². The molecule has 0 N–H and O–H groups in total. The SMILES string of the molecule is CCOC(=O)[C@@H](C)Oc1c(Br)cc(C=Nn2c(C(C)C)nc3ccc(Br)cc3c2=O)cc1Br. The first-order valence-corrected chi connectivity index (χ1v) is 12.6. The minimum Gasteiger partial charge on any atom is -0.477 e. The highest BCUT2D eigenvalue weighted by Crippen LogP contribution is 2.35. The van der Waals surface area contributed by atoms with Crippen molar-refractivity contribution < 1.29 is 14.3 Å². The van der Waals surface area contributed by atoms with E-state index < -0.39 is 12.1 Å². The Morgan fingerprint density at radius 3 is 2.42 bits per heavy atom. The maximum absolute atomic E-state index is 13.2. The van der Waals surface area contributed by atoms with Gasteiger partial charge in [0.15, 0.2) is 6.10 Å². The fraction of sp³-hybridized carbons (Fsp3) is 0.304. The van der Waals surface area contributed by atoms with E-state index in [0.717, 1.165) is 4.47 Å². The molecule has 174 valence electrons. The van der Waals surface area contributed by atoms with Crippen molar-refractivity contribution in [1.82, 2.24) is 9.66 Å².